The summed E-state index contributed by atoms with van der Waals surface area (Å²) in [6.07, 6.45) is -1.72. The number of ether oxygens (including phenoxy) is 1. The van der Waals surface area contributed by atoms with E-state index in [4.69, 9.17) is 9.84 Å². The minimum absolute atomic E-state index is 0.0286. The lowest BCUT2D eigenvalue weighted by atomic mass is 10.1. The highest BCUT2D eigenvalue weighted by molar-refractivity contribution is 5.98. The number of carbonyl (C=O) groups is 1. The Labute approximate surface area is 146 Å². The molecule has 0 unspecified atom stereocenters. The van der Waals surface area contributed by atoms with Crippen molar-refractivity contribution in [2.24, 2.45) is 0 Å². The fourth-order valence-corrected chi connectivity index (χ4v) is 3.46. The average molecular weight is 367 g/mol. The molecule has 1 aromatic carbocycles. The maximum Gasteiger partial charge on any atom is 0.435 e. The summed E-state index contributed by atoms with van der Waals surface area (Å²) < 4.78 is 45.8. The third-order valence-corrected chi connectivity index (χ3v) is 4.76. The smallest absolute Gasteiger partial charge is 0.435 e. The normalized spacial score (nSPS) is 19.8. The molecule has 1 amide bonds. The Morgan fingerprint density at radius 2 is 2.15 bits per heavy atom. The Kier molecular flexibility index (Phi) is 3.91. The van der Waals surface area contributed by atoms with Crippen LogP contribution < -0.4 is 4.74 Å². The van der Waals surface area contributed by atoms with Crippen molar-refractivity contribution in [3.8, 4) is 11.4 Å². The first-order chi connectivity index (χ1) is 12.4. The number of hydrogen-bond donors (Lipinski definition) is 1. The zero-order valence-electron chi connectivity index (χ0n) is 13.7. The maximum absolute atomic E-state index is 13.0. The van der Waals surface area contributed by atoms with Crippen LogP contribution in [0.1, 0.15) is 34.5 Å². The molecule has 1 aromatic heterocycles. The predicted octanol–water partition coefficient (Wildman–Crippen LogP) is 2.38. The summed E-state index contributed by atoms with van der Waals surface area (Å²) in [7, 11) is 0. The number of aromatic nitrogens is 2. The molecule has 0 spiro atoms. The Bertz CT molecular complexity index is 863. The quantitative estimate of drug-likeness (QED) is 0.885. The summed E-state index contributed by atoms with van der Waals surface area (Å²) in [6.45, 7) is 0.268. The van der Waals surface area contributed by atoms with Crippen molar-refractivity contribution in [3.05, 3.63) is 41.2 Å². The van der Waals surface area contributed by atoms with Crippen LogP contribution in [0.4, 0.5) is 13.2 Å². The van der Waals surface area contributed by atoms with Gasteiger partial charge in [0.1, 0.15) is 12.4 Å². The first-order valence-corrected chi connectivity index (χ1v) is 8.23. The molecule has 1 saturated heterocycles. The predicted molar refractivity (Wildman–Crippen MR) is 84.0 cm³/mol. The van der Waals surface area contributed by atoms with Gasteiger partial charge in [0.15, 0.2) is 5.69 Å². The number of alkyl halides is 3. The standard InChI is InChI=1S/C17H16F3N3O3/c18-17(19,20)15-10(8-24)7-23(21-15)11-3-4-13-14(6-11)26-9-12-2-1-5-22(12)16(13)25/h3-4,6-7,12,24H,1-2,5,8-9H2/t12-/m0/s1. The van der Waals surface area contributed by atoms with Crippen LogP contribution >= 0.6 is 0 Å². The average Bonchev–Trinajstić information content (AvgIpc) is 3.23. The SMILES string of the molecule is O=C1c2ccc(-n3cc(CO)c(C(F)(F)F)n3)cc2OC[C@@H]2CCCN12. The molecule has 2 aliphatic rings. The van der Waals surface area contributed by atoms with Gasteiger partial charge in [0, 0.05) is 24.4 Å². The van der Waals surface area contributed by atoms with Crippen molar-refractivity contribution in [1.82, 2.24) is 14.7 Å². The van der Waals surface area contributed by atoms with E-state index in [9.17, 15) is 18.0 Å². The Morgan fingerprint density at radius 3 is 2.85 bits per heavy atom. The third-order valence-electron chi connectivity index (χ3n) is 4.76. The molecular weight excluding hydrogens is 351 g/mol. The van der Waals surface area contributed by atoms with Gasteiger partial charge >= 0.3 is 6.18 Å². The molecule has 1 N–H and O–H groups in total. The highest BCUT2D eigenvalue weighted by atomic mass is 19.4. The number of nitrogens with zero attached hydrogens (tertiary/aromatic N) is 3. The van der Waals surface area contributed by atoms with Gasteiger partial charge in [-0.25, -0.2) is 4.68 Å². The van der Waals surface area contributed by atoms with Crippen LogP contribution in [0.2, 0.25) is 0 Å². The topological polar surface area (TPSA) is 67.6 Å². The van der Waals surface area contributed by atoms with Gasteiger partial charge in [-0.1, -0.05) is 0 Å². The van der Waals surface area contributed by atoms with Gasteiger partial charge in [-0.05, 0) is 25.0 Å². The molecule has 9 heteroatoms. The van der Waals surface area contributed by atoms with Gasteiger partial charge in [-0.3, -0.25) is 4.79 Å². The minimum Gasteiger partial charge on any atom is -0.491 e. The van der Waals surface area contributed by atoms with Gasteiger partial charge in [0.05, 0.1) is 23.9 Å². The van der Waals surface area contributed by atoms with Crippen molar-refractivity contribution in [2.75, 3.05) is 13.2 Å². The van der Waals surface area contributed by atoms with E-state index in [2.05, 4.69) is 5.10 Å². The van der Waals surface area contributed by atoms with Gasteiger partial charge in [0.25, 0.3) is 5.91 Å². The zero-order chi connectivity index (χ0) is 18.5. The summed E-state index contributed by atoms with van der Waals surface area (Å²) in [4.78, 5) is 14.4. The van der Waals surface area contributed by atoms with Crippen LogP contribution in [0.3, 0.4) is 0 Å². The number of aliphatic hydroxyl groups is 1. The number of halogens is 3. The molecule has 3 heterocycles. The summed E-state index contributed by atoms with van der Waals surface area (Å²) in [5, 5.41) is 12.7. The molecule has 0 saturated carbocycles. The lowest BCUT2D eigenvalue weighted by Gasteiger charge is -2.20. The molecule has 26 heavy (non-hydrogen) atoms. The first kappa shape index (κ1) is 16.9. The molecule has 2 aromatic rings. The maximum atomic E-state index is 13.0. The largest absolute Gasteiger partial charge is 0.491 e. The zero-order valence-corrected chi connectivity index (χ0v) is 13.7. The molecule has 1 fully saturated rings. The lowest BCUT2D eigenvalue weighted by molar-refractivity contribution is -0.142. The van der Waals surface area contributed by atoms with Gasteiger partial charge in [0.2, 0.25) is 0 Å². The van der Waals surface area contributed by atoms with E-state index < -0.39 is 18.5 Å². The van der Waals surface area contributed by atoms with Gasteiger partial charge in [-0.15, -0.1) is 0 Å². The van der Waals surface area contributed by atoms with Gasteiger partial charge in [-0.2, -0.15) is 18.3 Å². The van der Waals surface area contributed by atoms with Gasteiger partial charge < -0.3 is 14.7 Å². The van der Waals surface area contributed by atoms with Crippen molar-refractivity contribution in [2.45, 2.75) is 31.7 Å². The number of benzene rings is 1. The second-order valence-corrected chi connectivity index (χ2v) is 6.39. The number of aliphatic hydroxyl groups excluding tert-OH is 1. The molecular formula is C17H16F3N3O3. The monoisotopic (exact) mass is 367 g/mol. The molecule has 138 valence electrons. The molecule has 1 atom stereocenters. The number of amides is 1. The highest BCUT2D eigenvalue weighted by Crippen LogP contribution is 2.34. The van der Waals surface area contributed by atoms with E-state index in [1.165, 1.54) is 12.1 Å². The molecule has 6 nitrogen and oxygen atoms in total. The van der Waals surface area contributed by atoms with Crippen molar-refractivity contribution in [1.29, 1.82) is 0 Å². The summed E-state index contributed by atoms with van der Waals surface area (Å²) in [5.41, 5.74) is -0.731. The van der Waals surface area contributed by atoms with E-state index >= 15 is 0 Å². The molecule has 0 radical (unpaired) electrons. The second-order valence-electron chi connectivity index (χ2n) is 6.39. The fraction of sp³-hybridized carbons (Fsp3) is 0.412. The lowest BCUT2D eigenvalue weighted by Crippen LogP contribution is -2.36. The molecule has 0 aliphatic carbocycles. The van der Waals surface area contributed by atoms with Crippen LogP contribution in [-0.2, 0) is 12.8 Å². The molecule has 2 aliphatic heterocycles. The van der Waals surface area contributed by atoms with Crippen LogP contribution in [0, 0.1) is 0 Å². The Hall–Kier alpha value is -2.55. The summed E-state index contributed by atoms with van der Waals surface area (Å²) in [6, 6.07) is 4.59. The van der Waals surface area contributed by atoms with Crippen LogP contribution in [0.15, 0.2) is 24.4 Å². The number of hydrogen-bond acceptors (Lipinski definition) is 4. The summed E-state index contributed by atoms with van der Waals surface area (Å²) in [5.74, 6) is 0.204. The first-order valence-electron chi connectivity index (χ1n) is 8.23. The van der Waals surface area contributed by atoms with Crippen molar-refractivity contribution in [3.63, 3.8) is 0 Å². The highest BCUT2D eigenvalue weighted by Gasteiger charge is 2.37. The van der Waals surface area contributed by atoms with Crippen molar-refractivity contribution < 1.29 is 27.8 Å². The number of fused-ring (bicyclic) bond motifs is 2. The second kappa shape index (κ2) is 6.01. The van der Waals surface area contributed by atoms with Crippen molar-refractivity contribution >= 4 is 5.91 Å². The van der Waals surface area contributed by atoms with Crippen LogP contribution in [0.5, 0.6) is 5.75 Å². The van der Waals surface area contributed by atoms with E-state index in [-0.39, 0.29) is 17.5 Å². The van der Waals surface area contributed by atoms with E-state index in [0.29, 0.717) is 30.2 Å². The molecule has 4 rings (SSSR count). The van der Waals surface area contributed by atoms with Crippen LogP contribution in [0.25, 0.3) is 5.69 Å². The summed E-state index contributed by atoms with van der Waals surface area (Å²) >= 11 is 0. The third kappa shape index (κ3) is 2.72. The number of rotatable bonds is 2. The van der Waals surface area contributed by atoms with E-state index in [0.717, 1.165) is 23.7 Å². The minimum atomic E-state index is -4.66. The fourth-order valence-electron chi connectivity index (χ4n) is 3.46. The Balaban J connectivity index is 1.73. The Morgan fingerprint density at radius 1 is 1.35 bits per heavy atom. The number of carbonyl (C=O) groups excluding carboxylic acids is 1. The molecule has 0 bridgehead atoms. The van der Waals surface area contributed by atoms with E-state index in [1.807, 2.05) is 0 Å². The van der Waals surface area contributed by atoms with Crippen LogP contribution in [-0.4, -0.2) is 44.9 Å². The van der Waals surface area contributed by atoms with E-state index in [1.54, 1.807) is 11.0 Å².